The number of hydrogen-bond donors (Lipinski definition) is 1. The molecular weight excluding hydrogens is 522 g/mol. The zero-order valence-corrected chi connectivity index (χ0v) is 22.6. The molecular formula is C25H28ClN3O5S2. The first-order valence-corrected chi connectivity index (χ1v) is 14.5. The molecule has 0 radical (unpaired) electrons. The predicted molar refractivity (Wildman–Crippen MR) is 142 cm³/mol. The summed E-state index contributed by atoms with van der Waals surface area (Å²) < 4.78 is 54.6. The van der Waals surface area contributed by atoms with Crippen LogP contribution in [0.25, 0.3) is 0 Å². The molecule has 0 bridgehead atoms. The lowest BCUT2D eigenvalue weighted by molar-refractivity contribution is -0.114. The lowest BCUT2D eigenvalue weighted by atomic mass is 10.2. The third kappa shape index (κ3) is 6.25. The predicted octanol–water partition coefficient (Wildman–Crippen LogP) is 4.51. The maximum atomic E-state index is 13.4. The van der Waals surface area contributed by atoms with Crippen molar-refractivity contribution in [3.8, 4) is 0 Å². The molecule has 11 heteroatoms. The van der Waals surface area contributed by atoms with Crippen molar-refractivity contribution < 1.29 is 21.6 Å². The molecule has 3 aromatic rings. The summed E-state index contributed by atoms with van der Waals surface area (Å²) in [4.78, 5) is 13.1. The SMILES string of the molecule is CCN(CC)S(=O)(=O)c1ccc(NC(=O)CN(c2ccc(Cl)cc2)S(=O)(=O)c2ccc(C)cc2)cc1. The first kappa shape index (κ1) is 27.7. The Bertz CT molecular complexity index is 1400. The number of nitrogens with zero attached hydrogens (tertiary/aromatic N) is 2. The van der Waals surface area contributed by atoms with Crippen molar-refractivity contribution in [3.05, 3.63) is 83.4 Å². The highest BCUT2D eigenvalue weighted by Gasteiger charge is 2.27. The summed E-state index contributed by atoms with van der Waals surface area (Å²) in [5.41, 5.74) is 1.51. The molecule has 0 aliphatic heterocycles. The second-order valence-corrected chi connectivity index (χ2v) is 12.2. The van der Waals surface area contributed by atoms with Gasteiger partial charge in [0.15, 0.2) is 0 Å². The Kier molecular flexibility index (Phi) is 8.78. The van der Waals surface area contributed by atoms with E-state index in [0.717, 1.165) is 9.87 Å². The van der Waals surface area contributed by atoms with Gasteiger partial charge in [0.2, 0.25) is 15.9 Å². The van der Waals surface area contributed by atoms with Crippen molar-refractivity contribution in [3.63, 3.8) is 0 Å². The van der Waals surface area contributed by atoms with Crippen molar-refractivity contribution in [2.75, 3.05) is 29.3 Å². The summed E-state index contributed by atoms with van der Waals surface area (Å²) in [7, 11) is -7.70. The number of carbonyl (C=O) groups is 1. The molecule has 0 saturated carbocycles. The summed E-state index contributed by atoms with van der Waals surface area (Å²) >= 11 is 5.97. The summed E-state index contributed by atoms with van der Waals surface area (Å²) in [5.74, 6) is -0.597. The molecule has 0 atom stereocenters. The molecule has 0 aliphatic rings. The number of benzene rings is 3. The second kappa shape index (κ2) is 11.4. The van der Waals surface area contributed by atoms with Crippen LogP contribution in [0.5, 0.6) is 0 Å². The number of rotatable bonds is 10. The van der Waals surface area contributed by atoms with Gasteiger partial charge in [0.1, 0.15) is 6.54 Å². The van der Waals surface area contributed by atoms with Crippen LogP contribution in [0.15, 0.2) is 82.6 Å². The summed E-state index contributed by atoms with van der Waals surface area (Å²) in [6, 6.07) is 18.2. The topological polar surface area (TPSA) is 104 Å². The summed E-state index contributed by atoms with van der Waals surface area (Å²) in [6.45, 7) is 5.54. The van der Waals surface area contributed by atoms with Gasteiger partial charge in [-0.1, -0.05) is 43.1 Å². The van der Waals surface area contributed by atoms with Crippen LogP contribution in [0, 0.1) is 6.92 Å². The van der Waals surface area contributed by atoms with Gasteiger partial charge >= 0.3 is 0 Å². The highest BCUT2D eigenvalue weighted by molar-refractivity contribution is 7.92. The van der Waals surface area contributed by atoms with E-state index in [-0.39, 0.29) is 15.5 Å². The maximum Gasteiger partial charge on any atom is 0.264 e. The van der Waals surface area contributed by atoms with E-state index in [1.165, 1.54) is 52.8 Å². The molecule has 0 unspecified atom stereocenters. The molecule has 3 aromatic carbocycles. The van der Waals surface area contributed by atoms with Gasteiger partial charge in [0.05, 0.1) is 15.5 Å². The highest BCUT2D eigenvalue weighted by Crippen LogP contribution is 2.26. The third-order valence-electron chi connectivity index (χ3n) is 5.49. The fourth-order valence-corrected chi connectivity index (χ4v) is 6.52. The Hall–Kier alpha value is -2.92. The number of aryl methyl sites for hydroxylation is 1. The molecule has 0 saturated heterocycles. The number of hydrogen-bond acceptors (Lipinski definition) is 5. The standard InChI is InChI=1S/C25H28ClN3O5S2/c1-4-28(5-2)35(31,32)23-16-10-21(11-17-23)27-25(30)18-29(22-12-8-20(26)9-13-22)36(33,34)24-14-6-19(3)7-15-24/h6-17H,4-5,18H2,1-3H3,(H,27,30). The molecule has 3 rings (SSSR count). The highest BCUT2D eigenvalue weighted by atomic mass is 35.5. The van der Waals surface area contributed by atoms with Crippen LogP contribution in [0.2, 0.25) is 5.02 Å². The van der Waals surface area contributed by atoms with Gasteiger partial charge in [-0.05, 0) is 67.6 Å². The van der Waals surface area contributed by atoms with E-state index < -0.39 is 32.5 Å². The number of nitrogens with one attached hydrogen (secondary N) is 1. The number of anilines is 2. The van der Waals surface area contributed by atoms with Gasteiger partial charge in [-0.3, -0.25) is 9.10 Å². The van der Waals surface area contributed by atoms with Crippen molar-refractivity contribution in [1.29, 1.82) is 0 Å². The van der Waals surface area contributed by atoms with E-state index in [2.05, 4.69) is 5.32 Å². The van der Waals surface area contributed by atoms with E-state index in [4.69, 9.17) is 11.6 Å². The van der Waals surface area contributed by atoms with Gasteiger partial charge in [0, 0.05) is 23.8 Å². The molecule has 1 amide bonds. The average Bonchev–Trinajstić information content (AvgIpc) is 2.84. The first-order valence-electron chi connectivity index (χ1n) is 11.2. The van der Waals surface area contributed by atoms with Gasteiger partial charge in [-0.15, -0.1) is 0 Å². The number of sulfonamides is 2. The largest absolute Gasteiger partial charge is 0.325 e. The van der Waals surface area contributed by atoms with Gasteiger partial charge in [-0.25, -0.2) is 16.8 Å². The Morgan fingerprint density at radius 2 is 1.28 bits per heavy atom. The van der Waals surface area contributed by atoms with Gasteiger partial charge in [0.25, 0.3) is 10.0 Å². The fraction of sp³-hybridized carbons (Fsp3) is 0.240. The van der Waals surface area contributed by atoms with Crippen LogP contribution in [0.1, 0.15) is 19.4 Å². The minimum Gasteiger partial charge on any atom is -0.325 e. The number of carbonyl (C=O) groups excluding carboxylic acids is 1. The zero-order valence-electron chi connectivity index (χ0n) is 20.2. The van der Waals surface area contributed by atoms with Crippen LogP contribution < -0.4 is 9.62 Å². The Morgan fingerprint density at radius 3 is 1.81 bits per heavy atom. The Morgan fingerprint density at radius 1 is 0.778 bits per heavy atom. The molecule has 0 aromatic heterocycles. The van der Waals surface area contributed by atoms with Crippen molar-refractivity contribution in [2.24, 2.45) is 0 Å². The van der Waals surface area contributed by atoms with Crippen molar-refractivity contribution in [1.82, 2.24) is 4.31 Å². The normalized spacial score (nSPS) is 11.9. The van der Waals surface area contributed by atoms with E-state index >= 15 is 0 Å². The lowest BCUT2D eigenvalue weighted by Crippen LogP contribution is -2.38. The van der Waals surface area contributed by atoms with Crippen LogP contribution in [-0.4, -0.2) is 46.7 Å². The molecule has 1 N–H and O–H groups in total. The van der Waals surface area contributed by atoms with Crippen LogP contribution in [0.3, 0.4) is 0 Å². The monoisotopic (exact) mass is 549 g/mol. The quantitative estimate of drug-likeness (QED) is 0.400. The van der Waals surface area contributed by atoms with Gasteiger partial charge in [-0.2, -0.15) is 4.31 Å². The Labute approximate surface area is 217 Å². The van der Waals surface area contributed by atoms with E-state index in [1.807, 2.05) is 6.92 Å². The number of amides is 1. The molecule has 0 heterocycles. The first-order chi connectivity index (χ1) is 17.0. The minimum atomic E-state index is -4.07. The smallest absolute Gasteiger partial charge is 0.264 e. The molecule has 0 spiro atoms. The molecule has 36 heavy (non-hydrogen) atoms. The number of halogens is 1. The van der Waals surface area contributed by atoms with Crippen molar-refractivity contribution >= 4 is 48.9 Å². The molecule has 8 nitrogen and oxygen atoms in total. The van der Waals surface area contributed by atoms with Crippen molar-refractivity contribution in [2.45, 2.75) is 30.6 Å². The molecule has 192 valence electrons. The minimum absolute atomic E-state index is 0.0433. The molecule has 0 aliphatic carbocycles. The summed E-state index contributed by atoms with van der Waals surface area (Å²) in [6.07, 6.45) is 0. The maximum absolute atomic E-state index is 13.4. The van der Waals surface area contributed by atoms with Crippen LogP contribution in [0.4, 0.5) is 11.4 Å². The fourth-order valence-electron chi connectivity index (χ4n) is 3.51. The van der Waals surface area contributed by atoms with Crippen LogP contribution >= 0.6 is 11.6 Å². The Balaban J connectivity index is 1.85. The average molecular weight is 550 g/mol. The van der Waals surface area contributed by atoms with Gasteiger partial charge < -0.3 is 5.32 Å². The van der Waals surface area contributed by atoms with E-state index in [0.29, 0.717) is 23.8 Å². The summed E-state index contributed by atoms with van der Waals surface area (Å²) in [5, 5.41) is 3.07. The van der Waals surface area contributed by atoms with E-state index in [9.17, 15) is 21.6 Å². The zero-order chi connectivity index (χ0) is 26.5. The van der Waals surface area contributed by atoms with Crippen LogP contribution in [-0.2, 0) is 24.8 Å². The second-order valence-electron chi connectivity index (χ2n) is 7.96. The van der Waals surface area contributed by atoms with E-state index in [1.54, 1.807) is 38.1 Å². The third-order valence-corrected chi connectivity index (χ3v) is 9.60. The molecule has 0 fully saturated rings. The lowest BCUT2D eigenvalue weighted by Gasteiger charge is -2.24.